The Morgan fingerprint density at radius 1 is 1.22 bits per heavy atom. The molecule has 1 aliphatic rings. The quantitative estimate of drug-likeness (QED) is 0.471. The molecule has 23 heavy (non-hydrogen) atoms. The second-order valence-corrected chi connectivity index (χ2v) is 5.31. The van der Waals surface area contributed by atoms with Crippen molar-refractivity contribution in [1.82, 2.24) is 4.90 Å². The Morgan fingerprint density at radius 2 is 1.87 bits per heavy atom. The van der Waals surface area contributed by atoms with E-state index in [1.54, 1.807) is 11.0 Å². The maximum Gasteiger partial charge on any atom is 0.390 e. The molecule has 0 aliphatic carbocycles. The van der Waals surface area contributed by atoms with Crippen LogP contribution in [0.4, 0.5) is 24.5 Å². The summed E-state index contributed by atoms with van der Waals surface area (Å²) in [6, 6.07) is 4.33. The van der Waals surface area contributed by atoms with E-state index in [-0.39, 0.29) is 17.8 Å². The van der Waals surface area contributed by atoms with Gasteiger partial charge in [-0.25, -0.2) is 0 Å². The average molecular weight is 331 g/mol. The Morgan fingerprint density at radius 3 is 2.39 bits per heavy atom. The molecule has 2 rings (SSSR count). The highest BCUT2D eigenvalue weighted by atomic mass is 19.4. The molecule has 0 saturated carbocycles. The topological polar surface area (TPSA) is 66.7 Å². The number of carbonyl (C=O) groups excluding carboxylic acids is 1. The zero-order valence-corrected chi connectivity index (χ0v) is 12.3. The number of alkyl halides is 3. The van der Waals surface area contributed by atoms with Gasteiger partial charge in [0.15, 0.2) is 6.29 Å². The van der Waals surface area contributed by atoms with Gasteiger partial charge in [0, 0.05) is 44.5 Å². The maximum atomic E-state index is 12.2. The first kappa shape index (κ1) is 17.2. The van der Waals surface area contributed by atoms with Gasteiger partial charge < -0.3 is 4.90 Å². The van der Waals surface area contributed by atoms with Crippen LogP contribution in [0.5, 0.6) is 0 Å². The molecule has 1 fully saturated rings. The third kappa shape index (κ3) is 4.65. The number of nitro benzene ring substituents is 1. The van der Waals surface area contributed by atoms with Crippen molar-refractivity contribution in [3.05, 3.63) is 33.9 Å². The van der Waals surface area contributed by atoms with Gasteiger partial charge in [0.2, 0.25) is 0 Å². The average Bonchev–Trinajstić information content (AvgIpc) is 2.52. The third-order valence-corrected chi connectivity index (χ3v) is 3.79. The van der Waals surface area contributed by atoms with Crippen molar-refractivity contribution in [3.63, 3.8) is 0 Å². The van der Waals surface area contributed by atoms with Crippen molar-refractivity contribution < 1.29 is 22.9 Å². The lowest BCUT2D eigenvalue weighted by Crippen LogP contribution is -2.47. The Hall–Kier alpha value is -2.16. The van der Waals surface area contributed by atoms with Gasteiger partial charge in [-0.3, -0.25) is 19.8 Å². The number of aldehydes is 1. The molecule has 0 atom stereocenters. The number of rotatable bonds is 5. The summed E-state index contributed by atoms with van der Waals surface area (Å²) in [5.74, 6) is 0. The molecule has 1 aliphatic heterocycles. The van der Waals surface area contributed by atoms with Crippen LogP contribution in [0.15, 0.2) is 18.2 Å². The van der Waals surface area contributed by atoms with Crippen LogP contribution in [0.2, 0.25) is 0 Å². The van der Waals surface area contributed by atoms with Crippen molar-refractivity contribution in [1.29, 1.82) is 0 Å². The summed E-state index contributed by atoms with van der Waals surface area (Å²) < 4.78 is 36.6. The van der Waals surface area contributed by atoms with Gasteiger partial charge in [0.05, 0.1) is 16.9 Å². The minimum absolute atomic E-state index is 0.00237. The van der Waals surface area contributed by atoms with E-state index in [2.05, 4.69) is 0 Å². The number of carbonyl (C=O) groups is 1. The highest BCUT2D eigenvalue weighted by Crippen LogP contribution is 2.26. The van der Waals surface area contributed by atoms with Gasteiger partial charge in [0.1, 0.15) is 0 Å². The molecular weight excluding hydrogens is 315 g/mol. The van der Waals surface area contributed by atoms with Crippen molar-refractivity contribution >= 4 is 17.7 Å². The molecule has 9 heteroatoms. The summed E-state index contributed by atoms with van der Waals surface area (Å²) >= 11 is 0. The van der Waals surface area contributed by atoms with E-state index in [1.165, 1.54) is 12.1 Å². The van der Waals surface area contributed by atoms with Crippen LogP contribution >= 0.6 is 0 Å². The second kappa shape index (κ2) is 6.95. The van der Waals surface area contributed by atoms with Crippen LogP contribution < -0.4 is 4.90 Å². The summed E-state index contributed by atoms with van der Waals surface area (Å²) in [6.45, 7) is 1.84. The lowest BCUT2D eigenvalue weighted by Gasteiger charge is -2.36. The standard InChI is InChI=1S/C14H16F3N3O3/c15-14(16,17)3-4-18-5-7-19(8-6-18)12-2-1-11(10-21)13(9-12)20(22)23/h1-2,9-10H,3-8H2. The summed E-state index contributed by atoms with van der Waals surface area (Å²) in [4.78, 5) is 24.7. The zero-order chi connectivity index (χ0) is 17.0. The third-order valence-electron chi connectivity index (χ3n) is 3.79. The van der Waals surface area contributed by atoms with Crippen LogP contribution in [0.25, 0.3) is 0 Å². The van der Waals surface area contributed by atoms with E-state index >= 15 is 0 Å². The fourth-order valence-electron chi connectivity index (χ4n) is 2.50. The molecule has 126 valence electrons. The molecule has 1 aromatic carbocycles. The molecule has 0 unspecified atom stereocenters. The fourth-order valence-corrected chi connectivity index (χ4v) is 2.50. The van der Waals surface area contributed by atoms with Crippen molar-refractivity contribution in [2.24, 2.45) is 0 Å². The van der Waals surface area contributed by atoms with Crippen molar-refractivity contribution in [3.8, 4) is 0 Å². The first-order valence-electron chi connectivity index (χ1n) is 7.08. The number of nitro groups is 1. The molecule has 0 aromatic heterocycles. The smallest absolute Gasteiger partial charge is 0.369 e. The minimum Gasteiger partial charge on any atom is -0.369 e. The normalized spacial score (nSPS) is 16.4. The molecule has 1 aromatic rings. The van der Waals surface area contributed by atoms with Crippen LogP contribution in [-0.4, -0.2) is 55.0 Å². The van der Waals surface area contributed by atoms with E-state index < -0.39 is 17.5 Å². The maximum absolute atomic E-state index is 12.2. The monoisotopic (exact) mass is 331 g/mol. The highest BCUT2D eigenvalue weighted by molar-refractivity contribution is 5.83. The fraction of sp³-hybridized carbons (Fsp3) is 0.500. The Kier molecular flexibility index (Phi) is 5.19. The van der Waals surface area contributed by atoms with Crippen molar-refractivity contribution in [2.75, 3.05) is 37.6 Å². The molecule has 6 nitrogen and oxygen atoms in total. The molecular formula is C14H16F3N3O3. The number of halogens is 3. The molecule has 0 spiro atoms. The SMILES string of the molecule is O=Cc1ccc(N2CCN(CCC(F)(F)F)CC2)cc1[N+](=O)[O-]. The van der Waals surface area contributed by atoms with Crippen LogP contribution in [0.3, 0.4) is 0 Å². The number of piperazine rings is 1. The highest BCUT2D eigenvalue weighted by Gasteiger charge is 2.29. The zero-order valence-electron chi connectivity index (χ0n) is 12.3. The summed E-state index contributed by atoms with van der Waals surface area (Å²) in [7, 11) is 0. The van der Waals surface area contributed by atoms with Gasteiger partial charge in [-0.05, 0) is 12.1 Å². The number of nitrogens with zero attached hydrogens (tertiary/aromatic N) is 3. The lowest BCUT2D eigenvalue weighted by molar-refractivity contribution is -0.385. The van der Waals surface area contributed by atoms with E-state index in [9.17, 15) is 28.1 Å². The largest absolute Gasteiger partial charge is 0.390 e. The summed E-state index contributed by atoms with van der Waals surface area (Å²) in [5, 5.41) is 11.0. The van der Waals surface area contributed by atoms with Gasteiger partial charge >= 0.3 is 6.18 Å². The lowest BCUT2D eigenvalue weighted by atomic mass is 10.1. The van der Waals surface area contributed by atoms with Crippen LogP contribution in [-0.2, 0) is 0 Å². The first-order chi connectivity index (χ1) is 10.8. The molecule has 1 heterocycles. The Labute approximate surface area is 130 Å². The molecule has 0 bridgehead atoms. The molecule has 0 N–H and O–H groups in total. The predicted octanol–water partition coefficient (Wildman–Crippen LogP) is 2.48. The number of anilines is 1. The van der Waals surface area contributed by atoms with Gasteiger partial charge in [-0.2, -0.15) is 13.2 Å². The number of hydrogen-bond acceptors (Lipinski definition) is 5. The molecule has 1 saturated heterocycles. The van der Waals surface area contributed by atoms with Crippen LogP contribution in [0, 0.1) is 10.1 Å². The second-order valence-electron chi connectivity index (χ2n) is 5.31. The van der Waals surface area contributed by atoms with E-state index in [0.29, 0.717) is 38.2 Å². The van der Waals surface area contributed by atoms with Gasteiger partial charge in [0.25, 0.3) is 5.69 Å². The van der Waals surface area contributed by atoms with Crippen molar-refractivity contribution in [2.45, 2.75) is 12.6 Å². The Bertz CT molecular complexity index is 584. The predicted molar refractivity (Wildman–Crippen MR) is 77.8 cm³/mol. The van der Waals surface area contributed by atoms with Crippen LogP contribution in [0.1, 0.15) is 16.8 Å². The molecule has 0 radical (unpaired) electrons. The van der Waals surface area contributed by atoms with Gasteiger partial charge in [-0.1, -0.05) is 0 Å². The number of hydrogen-bond donors (Lipinski definition) is 0. The summed E-state index contributed by atoms with van der Waals surface area (Å²) in [5.41, 5.74) is 0.331. The Balaban J connectivity index is 1.99. The summed E-state index contributed by atoms with van der Waals surface area (Å²) in [6.07, 6.45) is -4.58. The van der Waals surface area contributed by atoms with E-state index in [4.69, 9.17) is 0 Å². The number of benzene rings is 1. The van der Waals surface area contributed by atoms with E-state index in [0.717, 1.165) is 0 Å². The molecule has 0 amide bonds. The van der Waals surface area contributed by atoms with Gasteiger partial charge in [-0.15, -0.1) is 0 Å². The van der Waals surface area contributed by atoms with E-state index in [1.807, 2.05) is 4.90 Å². The minimum atomic E-state index is -4.16. The first-order valence-corrected chi connectivity index (χ1v) is 7.08.